The molecule has 1 saturated carbocycles. The molecule has 0 spiro atoms. The molecule has 36 heavy (non-hydrogen) atoms. The molecule has 0 bridgehead atoms. The quantitative estimate of drug-likeness (QED) is 0.437. The summed E-state index contributed by atoms with van der Waals surface area (Å²) < 4.78 is 80.1. The van der Waals surface area contributed by atoms with E-state index in [1.54, 1.807) is 0 Å². The fourth-order valence-electron chi connectivity index (χ4n) is 3.36. The summed E-state index contributed by atoms with van der Waals surface area (Å²) in [5, 5.41) is 9.08. The summed E-state index contributed by atoms with van der Waals surface area (Å²) in [7, 11) is -3.11. The first kappa shape index (κ1) is 25.4. The first-order valence-electron chi connectivity index (χ1n) is 10.5. The monoisotopic (exact) mass is 524 g/mol. The molecule has 2 N–H and O–H groups in total. The highest BCUT2D eigenvalue weighted by Gasteiger charge is 2.47. The molecule has 1 aliphatic rings. The van der Waals surface area contributed by atoms with Crippen LogP contribution in [0.2, 0.25) is 0 Å². The standard InChI is InChI=1S/C22H20F4N6O3S/c1-11-16(18(33)30-13-5-4-6-14(9-13)36(3,27)34)20(32-31-17(11)22(24,25)26)35-19-12(2)29-15(10-28-19)21(23)7-8-21/h4-6,9-10,27H,7-8H2,1-3H3,(H,30,33). The number of halogens is 4. The number of aromatic nitrogens is 4. The Morgan fingerprint density at radius 2 is 1.89 bits per heavy atom. The molecule has 1 aliphatic carbocycles. The number of hydrogen-bond acceptors (Lipinski definition) is 8. The number of ether oxygens (including phenoxy) is 1. The molecule has 1 aromatic carbocycles. The van der Waals surface area contributed by atoms with Gasteiger partial charge >= 0.3 is 6.18 Å². The minimum atomic E-state index is -4.90. The van der Waals surface area contributed by atoms with Crippen LogP contribution in [-0.4, -0.2) is 36.5 Å². The maximum absolute atomic E-state index is 14.3. The minimum Gasteiger partial charge on any atom is -0.416 e. The molecule has 1 fully saturated rings. The summed E-state index contributed by atoms with van der Waals surface area (Å²) in [4.78, 5) is 21.4. The molecule has 4 rings (SSSR count). The van der Waals surface area contributed by atoms with Crippen molar-refractivity contribution < 1.29 is 31.3 Å². The van der Waals surface area contributed by atoms with Crippen molar-refractivity contribution in [3.8, 4) is 11.8 Å². The first-order chi connectivity index (χ1) is 16.7. The molecule has 0 radical (unpaired) electrons. The predicted molar refractivity (Wildman–Crippen MR) is 120 cm³/mol. The maximum Gasteiger partial charge on any atom is 0.435 e. The summed E-state index contributed by atoms with van der Waals surface area (Å²) in [6.45, 7) is 2.51. The highest BCUT2D eigenvalue weighted by Crippen LogP contribution is 2.48. The van der Waals surface area contributed by atoms with Gasteiger partial charge in [0.1, 0.15) is 11.3 Å². The van der Waals surface area contributed by atoms with Gasteiger partial charge < -0.3 is 10.1 Å². The van der Waals surface area contributed by atoms with Gasteiger partial charge in [-0.05, 0) is 50.5 Å². The van der Waals surface area contributed by atoms with Gasteiger partial charge in [0.05, 0.1) is 21.6 Å². The summed E-state index contributed by atoms with van der Waals surface area (Å²) in [6, 6.07) is 5.56. The van der Waals surface area contributed by atoms with Gasteiger partial charge in [0.25, 0.3) is 11.8 Å². The van der Waals surface area contributed by atoms with Gasteiger partial charge in [-0.1, -0.05) is 6.07 Å². The minimum absolute atomic E-state index is 0.0908. The summed E-state index contributed by atoms with van der Waals surface area (Å²) in [6.07, 6.45) is -1.93. The molecule has 9 nitrogen and oxygen atoms in total. The van der Waals surface area contributed by atoms with Crippen molar-refractivity contribution >= 4 is 21.3 Å². The lowest BCUT2D eigenvalue weighted by Crippen LogP contribution is -2.21. The second-order valence-electron chi connectivity index (χ2n) is 8.39. The molecule has 3 aromatic rings. The van der Waals surface area contributed by atoms with E-state index in [1.807, 2.05) is 0 Å². The number of rotatable bonds is 6. The van der Waals surface area contributed by atoms with Gasteiger partial charge in [0.2, 0.25) is 5.88 Å². The number of alkyl halides is 4. The van der Waals surface area contributed by atoms with Crippen LogP contribution in [0.15, 0.2) is 35.4 Å². The predicted octanol–water partition coefficient (Wildman–Crippen LogP) is 4.94. The summed E-state index contributed by atoms with van der Waals surface area (Å²) in [5.74, 6) is -1.77. The van der Waals surface area contributed by atoms with Crippen LogP contribution in [0, 0.1) is 18.6 Å². The molecule has 1 amide bonds. The normalized spacial score (nSPS) is 16.2. The molecule has 2 heterocycles. The van der Waals surface area contributed by atoms with Gasteiger partial charge in [0.15, 0.2) is 11.4 Å². The maximum atomic E-state index is 14.3. The van der Waals surface area contributed by atoms with Gasteiger partial charge in [-0.3, -0.25) is 4.79 Å². The van der Waals surface area contributed by atoms with Crippen LogP contribution in [0.1, 0.15) is 45.8 Å². The number of benzene rings is 1. The Balaban J connectivity index is 1.73. The topological polar surface area (TPSA) is 131 Å². The van der Waals surface area contributed by atoms with Crippen molar-refractivity contribution in [1.29, 1.82) is 4.78 Å². The molecule has 190 valence electrons. The van der Waals surface area contributed by atoms with E-state index in [-0.39, 0.29) is 27.9 Å². The number of anilines is 1. The van der Waals surface area contributed by atoms with Crippen molar-refractivity contribution in [3.63, 3.8) is 0 Å². The van der Waals surface area contributed by atoms with Crippen LogP contribution in [0.3, 0.4) is 0 Å². The van der Waals surface area contributed by atoms with Crippen LogP contribution in [0.5, 0.6) is 11.8 Å². The van der Waals surface area contributed by atoms with Crippen LogP contribution in [0.25, 0.3) is 0 Å². The van der Waals surface area contributed by atoms with E-state index in [1.165, 1.54) is 37.4 Å². The molecule has 1 unspecified atom stereocenters. The molecule has 0 saturated heterocycles. The number of nitrogens with zero attached hydrogens (tertiary/aromatic N) is 4. The SMILES string of the molecule is Cc1nc(C2(F)CC2)cnc1Oc1nnc(C(F)(F)F)c(C)c1C(=O)Nc1cccc(S(C)(=N)=O)c1. The van der Waals surface area contributed by atoms with Crippen molar-refractivity contribution in [2.24, 2.45) is 0 Å². The largest absolute Gasteiger partial charge is 0.435 e. The van der Waals surface area contributed by atoms with Crippen molar-refractivity contribution in [2.75, 3.05) is 11.6 Å². The Morgan fingerprint density at radius 1 is 1.19 bits per heavy atom. The zero-order chi connectivity index (χ0) is 26.5. The van der Waals surface area contributed by atoms with Crippen LogP contribution < -0.4 is 10.1 Å². The number of aryl methyl sites for hydroxylation is 1. The third-order valence-corrected chi connectivity index (χ3v) is 6.62. The number of amides is 1. The average Bonchev–Trinajstić information content (AvgIpc) is 3.52. The molecule has 0 aliphatic heterocycles. The van der Waals surface area contributed by atoms with Gasteiger partial charge in [0, 0.05) is 16.8 Å². The van der Waals surface area contributed by atoms with Crippen LogP contribution >= 0.6 is 0 Å². The fourth-order valence-corrected chi connectivity index (χ4v) is 4.05. The number of nitrogens with one attached hydrogen (secondary N) is 2. The van der Waals surface area contributed by atoms with Crippen molar-refractivity contribution in [1.82, 2.24) is 20.2 Å². The third-order valence-electron chi connectivity index (χ3n) is 5.47. The lowest BCUT2D eigenvalue weighted by atomic mass is 10.1. The van der Waals surface area contributed by atoms with E-state index in [0.29, 0.717) is 12.8 Å². The molecular formula is C22H20F4N6O3S. The molecule has 2 aromatic heterocycles. The Bertz CT molecular complexity index is 1470. The summed E-state index contributed by atoms with van der Waals surface area (Å²) in [5.41, 5.74) is -3.72. The number of carbonyl (C=O) groups excluding carboxylic acids is 1. The van der Waals surface area contributed by atoms with Crippen molar-refractivity contribution in [3.05, 3.63) is 58.7 Å². The fraction of sp³-hybridized carbons (Fsp3) is 0.318. The smallest absolute Gasteiger partial charge is 0.416 e. The van der Waals surface area contributed by atoms with E-state index in [4.69, 9.17) is 9.52 Å². The zero-order valence-electron chi connectivity index (χ0n) is 19.2. The Hall–Kier alpha value is -3.68. The van der Waals surface area contributed by atoms with E-state index >= 15 is 0 Å². The third kappa shape index (κ3) is 5.12. The average molecular weight is 525 g/mol. The molecule has 14 heteroatoms. The van der Waals surface area contributed by atoms with Crippen molar-refractivity contribution in [2.45, 2.75) is 43.4 Å². The second kappa shape index (κ2) is 8.76. The number of carbonyl (C=O) groups is 1. The van der Waals surface area contributed by atoms with Crippen LogP contribution in [0.4, 0.5) is 23.2 Å². The van der Waals surface area contributed by atoms with E-state index < -0.39 is 50.2 Å². The van der Waals surface area contributed by atoms with Gasteiger partial charge in [-0.2, -0.15) is 13.2 Å². The first-order valence-corrected chi connectivity index (χ1v) is 12.5. The Labute approximate surface area is 203 Å². The van der Waals surface area contributed by atoms with E-state index in [2.05, 4.69) is 25.5 Å². The van der Waals surface area contributed by atoms with E-state index in [9.17, 15) is 26.6 Å². The van der Waals surface area contributed by atoms with Gasteiger partial charge in [-0.25, -0.2) is 23.3 Å². The zero-order valence-corrected chi connectivity index (χ0v) is 20.1. The summed E-state index contributed by atoms with van der Waals surface area (Å²) >= 11 is 0. The second-order valence-corrected chi connectivity index (χ2v) is 10.5. The van der Waals surface area contributed by atoms with E-state index in [0.717, 1.165) is 13.1 Å². The Morgan fingerprint density at radius 3 is 2.47 bits per heavy atom. The Kier molecular flexibility index (Phi) is 6.19. The highest BCUT2D eigenvalue weighted by atomic mass is 32.2. The molecular weight excluding hydrogens is 504 g/mol. The van der Waals surface area contributed by atoms with Crippen LogP contribution in [-0.2, 0) is 21.6 Å². The molecule has 1 atom stereocenters. The highest BCUT2D eigenvalue weighted by molar-refractivity contribution is 7.91. The number of hydrogen-bond donors (Lipinski definition) is 2. The lowest BCUT2D eigenvalue weighted by molar-refractivity contribution is -0.142. The van der Waals surface area contributed by atoms with Gasteiger partial charge in [-0.15, -0.1) is 10.2 Å². The lowest BCUT2D eigenvalue weighted by Gasteiger charge is -2.16.